The first-order valence-electron chi connectivity index (χ1n) is 5.22. The molecule has 1 aliphatic rings. The number of hydrogen-bond donors (Lipinski definition) is 1. The van der Waals surface area contributed by atoms with Crippen LogP contribution < -0.4 is 0 Å². The predicted octanol–water partition coefficient (Wildman–Crippen LogP) is 2.27. The Labute approximate surface area is 97.6 Å². The highest BCUT2D eigenvalue weighted by Crippen LogP contribution is 2.40. The van der Waals surface area contributed by atoms with Crippen LogP contribution >= 0.6 is 0 Å². The van der Waals surface area contributed by atoms with Crippen LogP contribution in [0.1, 0.15) is 18.4 Å². The van der Waals surface area contributed by atoms with Crippen LogP contribution in [0, 0.1) is 11.2 Å². The minimum Gasteiger partial charge on any atom is -0.481 e. The van der Waals surface area contributed by atoms with Gasteiger partial charge in [-0.25, -0.2) is 4.39 Å². The van der Waals surface area contributed by atoms with Gasteiger partial charge in [-0.1, -0.05) is 24.3 Å². The van der Waals surface area contributed by atoms with Crippen molar-refractivity contribution in [1.29, 1.82) is 0 Å². The highest BCUT2D eigenvalue weighted by atomic mass is 19.1. The lowest BCUT2D eigenvalue weighted by Crippen LogP contribution is -2.42. The number of Topliss-reactive ketones (excluding diaryl/α,β-unsaturated/α-hetero) is 1. The van der Waals surface area contributed by atoms with Crippen LogP contribution in [0.15, 0.2) is 30.3 Å². The predicted molar refractivity (Wildman–Crippen MR) is 59.7 cm³/mol. The van der Waals surface area contributed by atoms with Gasteiger partial charge in [-0.3, -0.25) is 9.59 Å². The molecule has 17 heavy (non-hydrogen) atoms. The number of aliphatic carboxylic acids is 1. The Balaban J connectivity index is 2.16. The maximum atomic E-state index is 12.7. The van der Waals surface area contributed by atoms with Gasteiger partial charge in [0, 0.05) is 12.8 Å². The zero-order valence-corrected chi connectivity index (χ0v) is 9.02. The van der Waals surface area contributed by atoms with Crippen LogP contribution in [-0.4, -0.2) is 16.9 Å². The van der Waals surface area contributed by atoms with Gasteiger partial charge < -0.3 is 5.11 Å². The van der Waals surface area contributed by atoms with E-state index in [1.165, 1.54) is 18.2 Å². The lowest BCUT2D eigenvalue weighted by molar-refractivity contribution is -0.156. The second-order valence-corrected chi connectivity index (χ2v) is 4.24. The molecule has 0 aromatic heterocycles. The first-order valence-corrected chi connectivity index (χ1v) is 5.22. The number of halogens is 1. The summed E-state index contributed by atoms with van der Waals surface area (Å²) in [7, 11) is 0. The van der Waals surface area contributed by atoms with Crippen molar-refractivity contribution in [1.82, 2.24) is 0 Å². The molecular formula is C13H11FO3. The smallest absolute Gasteiger partial charge is 0.314 e. The number of rotatable bonds is 3. The number of carbonyl (C=O) groups excluding carboxylic acids is 1. The van der Waals surface area contributed by atoms with E-state index in [0.29, 0.717) is 5.56 Å². The summed E-state index contributed by atoms with van der Waals surface area (Å²) in [5, 5.41) is 9.06. The molecule has 0 bridgehead atoms. The molecule has 0 radical (unpaired) electrons. The van der Waals surface area contributed by atoms with Crippen molar-refractivity contribution in [2.45, 2.75) is 12.8 Å². The van der Waals surface area contributed by atoms with Crippen LogP contribution in [-0.2, 0) is 9.59 Å². The second-order valence-electron chi connectivity index (χ2n) is 4.24. The summed E-state index contributed by atoms with van der Waals surface area (Å²) in [5.41, 5.74) is -0.350. The summed E-state index contributed by atoms with van der Waals surface area (Å²) in [6.07, 6.45) is 3.21. The average molecular weight is 234 g/mol. The third-order valence-electron chi connectivity index (χ3n) is 2.92. The molecule has 1 saturated carbocycles. The van der Waals surface area contributed by atoms with Gasteiger partial charge in [0.05, 0.1) is 5.41 Å². The molecule has 0 aliphatic heterocycles. The Morgan fingerprint density at radius 3 is 2.35 bits per heavy atom. The van der Waals surface area contributed by atoms with E-state index in [4.69, 9.17) is 5.11 Å². The third-order valence-corrected chi connectivity index (χ3v) is 2.92. The molecule has 2 rings (SSSR count). The largest absolute Gasteiger partial charge is 0.481 e. The SMILES string of the molecule is O=C1CC(/C=C/c2ccc(F)cc2)(C(=O)O)C1. The standard InChI is InChI=1S/C13H11FO3/c14-10-3-1-9(2-4-10)5-6-13(12(16)17)7-11(15)8-13/h1-6H,7-8H2,(H,16,17)/b6-5+. The van der Waals surface area contributed by atoms with Gasteiger partial charge >= 0.3 is 5.97 Å². The number of carboxylic acid groups (broad SMARTS) is 1. The quantitative estimate of drug-likeness (QED) is 0.872. The van der Waals surface area contributed by atoms with Crippen molar-refractivity contribution in [2.24, 2.45) is 5.41 Å². The summed E-state index contributed by atoms with van der Waals surface area (Å²) < 4.78 is 12.7. The molecule has 4 heteroatoms. The van der Waals surface area contributed by atoms with E-state index in [1.807, 2.05) is 0 Å². The fourth-order valence-electron chi connectivity index (χ4n) is 1.82. The molecule has 0 spiro atoms. The van der Waals surface area contributed by atoms with Gasteiger partial charge in [0.15, 0.2) is 0 Å². The summed E-state index contributed by atoms with van der Waals surface area (Å²) in [6.45, 7) is 0. The zero-order chi connectivity index (χ0) is 12.5. The highest BCUT2D eigenvalue weighted by Gasteiger charge is 2.47. The molecule has 1 fully saturated rings. The van der Waals surface area contributed by atoms with Crippen LogP contribution in [0.5, 0.6) is 0 Å². The fraction of sp³-hybridized carbons (Fsp3) is 0.231. The van der Waals surface area contributed by atoms with E-state index in [0.717, 1.165) is 0 Å². The first-order chi connectivity index (χ1) is 8.02. The van der Waals surface area contributed by atoms with Crippen LogP contribution in [0.3, 0.4) is 0 Å². The lowest BCUT2D eigenvalue weighted by Gasteiger charge is -2.33. The van der Waals surface area contributed by atoms with Crippen LogP contribution in [0.4, 0.5) is 4.39 Å². The lowest BCUT2D eigenvalue weighted by atomic mass is 9.67. The second kappa shape index (κ2) is 4.13. The molecule has 0 atom stereocenters. The molecule has 0 heterocycles. The fourth-order valence-corrected chi connectivity index (χ4v) is 1.82. The van der Waals surface area contributed by atoms with E-state index in [2.05, 4.69) is 0 Å². The number of ketones is 1. The molecule has 1 aromatic carbocycles. The molecule has 0 saturated heterocycles. The summed E-state index contributed by atoms with van der Waals surface area (Å²) in [4.78, 5) is 22.0. The normalized spacial score (nSPS) is 18.1. The first kappa shape index (κ1) is 11.5. The Bertz CT molecular complexity index is 480. The molecule has 1 aromatic rings. The highest BCUT2D eigenvalue weighted by molar-refractivity contribution is 5.99. The van der Waals surface area contributed by atoms with E-state index < -0.39 is 11.4 Å². The van der Waals surface area contributed by atoms with Crippen LogP contribution in [0.25, 0.3) is 6.08 Å². The van der Waals surface area contributed by atoms with Crippen LogP contribution in [0.2, 0.25) is 0 Å². The van der Waals surface area contributed by atoms with Crippen molar-refractivity contribution >= 4 is 17.8 Å². The minimum atomic E-state index is -1.06. The van der Waals surface area contributed by atoms with E-state index in [9.17, 15) is 14.0 Å². The Hall–Kier alpha value is -1.97. The van der Waals surface area contributed by atoms with Gasteiger partial charge in [-0.2, -0.15) is 0 Å². The maximum Gasteiger partial charge on any atom is 0.314 e. The number of carboxylic acids is 1. The van der Waals surface area contributed by atoms with Crippen molar-refractivity contribution < 1.29 is 19.1 Å². The molecule has 1 N–H and O–H groups in total. The minimum absolute atomic E-state index is 0.0417. The van der Waals surface area contributed by atoms with Crippen molar-refractivity contribution in [3.05, 3.63) is 41.7 Å². The average Bonchev–Trinajstić information content (AvgIpc) is 2.24. The van der Waals surface area contributed by atoms with E-state index in [1.54, 1.807) is 18.2 Å². The van der Waals surface area contributed by atoms with Crippen molar-refractivity contribution in [3.8, 4) is 0 Å². The number of carbonyl (C=O) groups is 2. The van der Waals surface area contributed by atoms with Gasteiger partial charge in [0.2, 0.25) is 0 Å². The van der Waals surface area contributed by atoms with E-state index in [-0.39, 0.29) is 24.4 Å². The Kier molecular flexibility index (Phi) is 2.79. The summed E-state index contributed by atoms with van der Waals surface area (Å²) in [5.74, 6) is -1.37. The van der Waals surface area contributed by atoms with Gasteiger partial charge in [-0.05, 0) is 17.7 Å². The molecule has 3 nitrogen and oxygen atoms in total. The van der Waals surface area contributed by atoms with Gasteiger partial charge in [-0.15, -0.1) is 0 Å². The summed E-state index contributed by atoms with van der Waals surface area (Å²) in [6, 6.07) is 5.72. The monoisotopic (exact) mass is 234 g/mol. The molecule has 0 unspecified atom stereocenters. The zero-order valence-electron chi connectivity index (χ0n) is 9.02. The number of hydrogen-bond acceptors (Lipinski definition) is 2. The van der Waals surface area contributed by atoms with Gasteiger partial charge in [0.1, 0.15) is 11.6 Å². The maximum absolute atomic E-state index is 12.7. The van der Waals surface area contributed by atoms with Gasteiger partial charge in [0.25, 0.3) is 0 Å². The molecule has 1 aliphatic carbocycles. The van der Waals surface area contributed by atoms with Crippen molar-refractivity contribution in [2.75, 3.05) is 0 Å². The molecule has 0 amide bonds. The Morgan fingerprint density at radius 2 is 1.88 bits per heavy atom. The molecule has 88 valence electrons. The summed E-state index contributed by atoms with van der Waals surface area (Å²) >= 11 is 0. The number of benzene rings is 1. The Morgan fingerprint density at radius 1 is 1.29 bits per heavy atom. The van der Waals surface area contributed by atoms with Crippen molar-refractivity contribution in [3.63, 3.8) is 0 Å². The third kappa shape index (κ3) is 2.25. The van der Waals surface area contributed by atoms with E-state index >= 15 is 0 Å². The molecular weight excluding hydrogens is 223 g/mol. The topological polar surface area (TPSA) is 54.4 Å².